The first-order chi connectivity index (χ1) is 25.2. The molecule has 5 heteroatoms. The quantitative estimate of drug-likeness (QED) is 0.168. The molecule has 2 aliphatic heterocycles. The molecule has 4 nitrogen and oxygen atoms in total. The lowest BCUT2D eigenvalue weighted by Crippen LogP contribution is -2.33. The number of pyridine rings is 1. The Balaban J connectivity index is 1.23. The molecule has 0 spiro atoms. The molecule has 1 aromatic heterocycles. The predicted molar refractivity (Wildman–Crippen MR) is 217 cm³/mol. The normalized spacial score (nSPS) is 16.2. The Morgan fingerprint density at radius 3 is 1.38 bits per heavy atom. The van der Waals surface area contributed by atoms with Gasteiger partial charge in [-0.2, -0.15) is 0 Å². The van der Waals surface area contributed by atoms with E-state index in [1.807, 2.05) is 60.7 Å². The highest BCUT2D eigenvalue weighted by Gasteiger charge is 2.40. The number of fused-ring (bicyclic) bond motifs is 4. The fourth-order valence-electron chi connectivity index (χ4n) is 8.45. The van der Waals surface area contributed by atoms with E-state index >= 15 is 4.57 Å². The molecule has 0 fully saturated rings. The summed E-state index contributed by atoms with van der Waals surface area (Å²) in [5, 5.41) is 1.49. The van der Waals surface area contributed by atoms with Crippen LogP contribution >= 0.6 is 7.14 Å². The smallest absolute Gasteiger partial charge is 0.188 e. The summed E-state index contributed by atoms with van der Waals surface area (Å²) in [6.07, 6.45) is 0. The Kier molecular flexibility index (Phi) is 7.40. The molecular weight excluding hydrogens is 654 g/mol. The molecular formula is C47H40N3OP. The van der Waals surface area contributed by atoms with Crippen molar-refractivity contribution >= 4 is 57.4 Å². The molecule has 254 valence electrons. The van der Waals surface area contributed by atoms with Gasteiger partial charge in [0.15, 0.2) is 7.14 Å². The van der Waals surface area contributed by atoms with Gasteiger partial charge in [0, 0.05) is 27.1 Å². The van der Waals surface area contributed by atoms with Gasteiger partial charge in [0.1, 0.15) is 11.3 Å². The van der Waals surface area contributed by atoms with Crippen LogP contribution in [0.5, 0.6) is 0 Å². The van der Waals surface area contributed by atoms with E-state index < -0.39 is 7.14 Å². The van der Waals surface area contributed by atoms with Crippen LogP contribution in [0.1, 0.15) is 49.9 Å². The molecule has 1 unspecified atom stereocenters. The van der Waals surface area contributed by atoms with Gasteiger partial charge in [-0.25, -0.2) is 4.98 Å². The minimum atomic E-state index is -3.49. The van der Waals surface area contributed by atoms with Crippen LogP contribution in [0, 0.1) is 0 Å². The van der Waals surface area contributed by atoms with Gasteiger partial charge in [-0.05, 0) is 70.8 Å². The second-order valence-electron chi connectivity index (χ2n) is 14.8. The number of para-hydroxylation sites is 4. The largest absolute Gasteiger partial charge is 0.310 e. The van der Waals surface area contributed by atoms with Gasteiger partial charge in [0.2, 0.25) is 0 Å². The number of anilines is 6. The average Bonchev–Trinajstić information content (AvgIpc) is 3.18. The van der Waals surface area contributed by atoms with Crippen LogP contribution in [0.4, 0.5) is 34.3 Å². The number of hydrogen-bond acceptors (Lipinski definition) is 4. The summed E-state index contributed by atoms with van der Waals surface area (Å²) >= 11 is 0. The van der Waals surface area contributed by atoms with Crippen LogP contribution in [0.25, 0.3) is 0 Å². The standard InChI is InChI=1S/C47H40N3OP/c1-46(2)36-22-8-12-26-40(36)49(41-27-13-9-23-37(41)46)33-18-16-21-35(32-33)52(51,34-19-6-5-7-20-34)45-31-17-30-44(48-45)50-42-28-14-10-24-38(42)47(3,4)39-25-11-15-29-43(39)50/h5-32H,1-4H3. The Morgan fingerprint density at radius 2 is 0.865 bits per heavy atom. The molecule has 0 bridgehead atoms. The molecule has 6 aromatic carbocycles. The average molecular weight is 694 g/mol. The highest BCUT2D eigenvalue weighted by molar-refractivity contribution is 7.85. The maximum Gasteiger partial charge on any atom is 0.188 e. The summed E-state index contributed by atoms with van der Waals surface area (Å²) in [6.45, 7) is 9.15. The zero-order chi connectivity index (χ0) is 35.7. The first kappa shape index (κ1) is 32.2. The van der Waals surface area contributed by atoms with E-state index in [9.17, 15) is 0 Å². The molecule has 0 saturated heterocycles. The second-order valence-corrected chi connectivity index (χ2v) is 17.5. The molecule has 0 radical (unpaired) electrons. The molecule has 1 atom stereocenters. The van der Waals surface area contributed by atoms with Gasteiger partial charge in [-0.1, -0.05) is 149 Å². The van der Waals surface area contributed by atoms with Crippen molar-refractivity contribution in [2.45, 2.75) is 38.5 Å². The molecule has 0 N–H and O–H groups in total. The highest BCUT2D eigenvalue weighted by atomic mass is 31.2. The predicted octanol–water partition coefficient (Wildman–Crippen LogP) is 10.9. The second kappa shape index (κ2) is 11.9. The van der Waals surface area contributed by atoms with Gasteiger partial charge in [-0.3, -0.25) is 4.90 Å². The summed E-state index contributed by atoms with van der Waals surface area (Å²) in [5.41, 5.74) is 10.5. The lowest BCUT2D eigenvalue weighted by molar-refractivity contribution is 0.592. The molecule has 9 rings (SSSR count). The van der Waals surface area contributed by atoms with Gasteiger partial charge in [-0.15, -0.1) is 0 Å². The van der Waals surface area contributed by atoms with Crippen LogP contribution in [-0.4, -0.2) is 4.98 Å². The Labute approximate surface area is 306 Å². The topological polar surface area (TPSA) is 36.4 Å². The van der Waals surface area contributed by atoms with Crippen LogP contribution in [0.3, 0.4) is 0 Å². The third kappa shape index (κ3) is 4.75. The minimum absolute atomic E-state index is 0.175. The number of nitrogens with zero attached hydrogens (tertiary/aromatic N) is 3. The van der Waals surface area contributed by atoms with Crippen molar-refractivity contribution in [1.82, 2.24) is 4.98 Å². The van der Waals surface area contributed by atoms with Gasteiger partial charge >= 0.3 is 0 Å². The first-order valence-corrected chi connectivity index (χ1v) is 19.6. The molecule has 3 heterocycles. The van der Waals surface area contributed by atoms with Crippen LogP contribution in [0.2, 0.25) is 0 Å². The summed E-state index contributed by atoms with van der Waals surface area (Å²) in [6, 6.07) is 58.5. The van der Waals surface area contributed by atoms with E-state index in [1.54, 1.807) is 0 Å². The van der Waals surface area contributed by atoms with Crippen LogP contribution in [-0.2, 0) is 15.4 Å². The Morgan fingerprint density at radius 1 is 0.442 bits per heavy atom. The first-order valence-electron chi connectivity index (χ1n) is 17.9. The van der Waals surface area contributed by atoms with Gasteiger partial charge in [0.05, 0.1) is 22.7 Å². The number of rotatable bonds is 5. The van der Waals surface area contributed by atoms with E-state index in [4.69, 9.17) is 4.98 Å². The van der Waals surface area contributed by atoms with Crippen molar-refractivity contribution in [3.63, 3.8) is 0 Å². The summed E-state index contributed by atoms with van der Waals surface area (Å²) in [4.78, 5) is 9.90. The monoisotopic (exact) mass is 693 g/mol. The van der Waals surface area contributed by atoms with Crippen molar-refractivity contribution in [3.05, 3.63) is 192 Å². The van der Waals surface area contributed by atoms with E-state index in [0.717, 1.165) is 44.9 Å². The van der Waals surface area contributed by atoms with Crippen molar-refractivity contribution in [2.75, 3.05) is 9.80 Å². The van der Waals surface area contributed by atoms with E-state index in [2.05, 4.69) is 147 Å². The minimum Gasteiger partial charge on any atom is -0.310 e. The highest BCUT2D eigenvalue weighted by Crippen LogP contribution is 2.54. The van der Waals surface area contributed by atoms with Crippen molar-refractivity contribution in [2.24, 2.45) is 0 Å². The number of benzene rings is 6. The molecule has 0 saturated carbocycles. The molecule has 52 heavy (non-hydrogen) atoms. The molecule has 2 aliphatic rings. The van der Waals surface area contributed by atoms with E-state index in [1.165, 1.54) is 22.3 Å². The van der Waals surface area contributed by atoms with E-state index in [-0.39, 0.29) is 10.8 Å². The van der Waals surface area contributed by atoms with Crippen molar-refractivity contribution in [1.29, 1.82) is 0 Å². The van der Waals surface area contributed by atoms with Crippen molar-refractivity contribution in [3.8, 4) is 0 Å². The maximum absolute atomic E-state index is 16.2. The number of hydrogen-bond donors (Lipinski definition) is 0. The lowest BCUT2D eigenvalue weighted by Gasteiger charge is -2.42. The zero-order valence-electron chi connectivity index (χ0n) is 29.9. The van der Waals surface area contributed by atoms with Gasteiger partial charge < -0.3 is 9.46 Å². The third-order valence-electron chi connectivity index (χ3n) is 11.1. The van der Waals surface area contributed by atoms with Crippen molar-refractivity contribution < 1.29 is 4.57 Å². The Bertz CT molecular complexity index is 2290. The maximum atomic E-state index is 16.2. The van der Waals surface area contributed by atoms with Gasteiger partial charge in [0.25, 0.3) is 0 Å². The Hall–Kier alpha value is -5.70. The molecule has 0 aliphatic carbocycles. The fourth-order valence-corrected chi connectivity index (χ4v) is 11.0. The van der Waals surface area contributed by atoms with Crippen LogP contribution in [0.15, 0.2) is 170 Å². The lowest BCUT2D eigenvalue weighted by atomic mass is 9.73. The molecule has 7 aromatic rings. The fraction of sp³-hybridized carbons (Fsp3) is 0.128. The summed E-state index contributed by atoms with van der Waals surface area (Å²) in [5.74, 6) is 0.737. The van der Waals surface area contributed by atoms with Crippen LogP contribution < -0.4 is 25.8 Å². The SMILES string of the molecule is CC1(C)c2ccccc2N(c2cccc(P(=O)(c3ccccc3)c3cccc(N4c5ccccc5C(C)(C)c5ccccc54)n3)c2)c2ccccc21. The molecule has 0 amide bonds. The zero-order valence-corrected chi connectivity index (χ0v) is 30.8. The summed E-state index contributed by atoms with van der Waals surface area (Å²) in [7, 11) is -3.49. The number of aromatic nitrogens is 1. The summed E-state index contributed by atoms with van der Waals surface area (Å²) < 4.78 is 16.2. The third-order valence-corrected chi connectivity index (χ3v) is 14.0. The van der Waals surface area contributed by atoms with E-state index in [0.29, 0.717) is 5.44 Å².